The molecule has 1 saturated carbocycles. The molecule has 0 saturated heterocycles. The van der Waals surface area contributed by atoms with E-state index >= 15 is 0 Å². The quantitative estimate of drug-likeness (QED) is 0.516. The van der Waals surface area contributed by atoms with Crippen LogP contribution in [0.25, 0.3) is 11.4 Å². The average Bonchev–Trinajstić information content (AvgIpc) is 3.43. The van der Waals surface area contributed by atoms with Gasteiger partial charge in [-0.1, -0.05) is 30.0 Å². The second-order valence-electron chi connectivity index (χ2n) is 7.30. The number of aromatic nitrogens is 3. The molecule has 0 unspecified atom stereocenters. The number of rotatable bonds is 8. The zero-order valence-electron chi connectivity index (χ0n) is 17.1. The molecule has 1 aliphatic carbocycles. The molecule has 30 heavy (non-hydrogen) atoms. The van der Waals surface area contributed by atoms with Gasteiger partial charge in [0.2, 0.25) is 5.91 Å². The zero-order chi connectivity index (χ0) is 20.8. The normalized spacial score (nSPS) is 14.0. The number of nitrogens with one attached hydrogen (secondary N) is 1. The van der Waals surface area contributed by atoms with E-state index in [1.165, 1.54) is 24.6 Å². The molecule has 1 fully saturated rings. The first-order chi connectivity index (χ1) is 14.7. The van der Waals surface area contributed by atoms with Gasteiger partial charge >= 0.3 is 0 Å². The second-order valence-corrected chi connectivity index (χ2v) is 8.24. The van der Waals surface area contributed by atoms with E-state index in [9.17, 15) is 4.79 Å². The van der Waals surface area contributed by atoms with Crippen LogP contribution in [-0.2, 0) is 11.3 Å². The Morgan fingerprint density at radius 3 is 2.53 bits per heavy atom. The van der Waals surface area contributed by atoms with Crippen molar-refractivity contribution in [2.45, 2.75) is 50.4 Å². The van der Waals surface area contributed by atoms with E-state index in [0.29, 0.717) is 6.10 Å². The zero-order valence-corrected chi connectivity index (χ0v) is 17.9. The highest BCUT2D eigenvalue weighted by atomic mass is 32.2. The molecular formula is C23H26N4O2S. The molecule has 1 aromatic heterocycles. The molecule has 1 N–H and O–H groups in total. The topological polar surface area (TPSA) is 69.0 Å². The van der Waals surface area contributed by atoms with Crippen LogP contribution < -0.4 is 10.1 Å². The van der Waals surface area contributed by atoms with Crippen molar-refractivity contribution >= 4 is 23.4 Å². The minimum Gasteiger partial charge on any atom is -0.490 e. The van der Waals surface area contributed by atoms with Gasteiger partial charge in [0.1, 0.15) is 5.75 Å². The lowest BCUT2D eigenvalue weighted by atomic mass is 10.2. The number of hydrogen-bond donors (Lipinski definition) is 1. The summed E-state index contributed by atoms with van der Waals surface area (Å²) in [5.41, 5.74) is 1.78. The van der Waals surface area contributed by atoms with E-state index in [2.05, 4.69) is 22.4 Å². The molecule has 156 valence electrons. The van der Waals surface area contributed by atoms with Crippen molar-refractivity contribution in [1.82, 2.24) is 14.8 Å². The van der Waals surface area contributed by atoms with Crippen molar-refractivity contribution in [3.63, 3.8) is 0 Å². The Balaban J connectivity index is 1.39. The highest BCUT2D eigenvalue weighted by Crippen LogP contribution is 2.28. The number of benzene rings is 2. The van der Waals surface area contributed by atoms with Gasteiger partial charge in [-0.3, -0.25) is 4.79 Å². The van der Waals surface area contributed by atoms with Crippen LogP contribution in [0.2, 0.25) is 0 Å². The van der Waals surface area contributed by atoms with Crippen LogP contribution in [0.15, 0.2) is 59.8 Å². The molecule has 0 bridgehead atoms. The summed E-state index contributed by atoms with van der Waals surface area (Å²) in [7, 11) is 0. The molecule has 1 amide bonds. The summed E-state index contributed by atoms with van der Waals surface area (Å²) in [6, 6.07) is 17.5. The molecular weight excluding hydrogens is 396 g/mol. The summed E-state index contributed by atoms with van der Waals surface area (Å²) < 4.78 is 8.09. The Morgan fingerprint density at radius 1 is 1.10 bits per heavy atom. The Hall–Kier alpha value is -2.80. The Morgan fingerprint density at radius 2 is 1.83 bits per heavy atom. The van der Waals surface area contributed by atoms with E-state index in [4.69, 9.17) is 4.74 Å². The monoisotopic (exact) mass is 422 g/mol. The van der Waals surface area contributed by atoms with Crippen LogP contribution >= 0.6 is 11.8 Å². The molecule has 0 atom stereocenters. The molecule has 1 heterocycles. The number of hydrogen-bond acceptors (Lipinski definition) is 5. The number of para-hydroxylation sites is 1. The summed E-state index contributed by atoms with van der Waals surface area (Å²) >= 11 is 1.39. The van der Waals surface area contributed by atoms with Crippen LogP contribution in [0.3, 0.4) is 0 Å². The van der Waals surface area contributed by atoms with Gasteiger partial charge < -0.3 is 14.6 Å². The second kappa shape index (κ2) is 9.80. The van der Waals surface area contributed by atoms with Gasteiger partial charge in [-0.25, -0.2) is 0 Å². The fourth-order valence-corrected chi connectivity index (χ4v) is 4.43. The third-order valence-corrected chi connectivity index (χ3v) is 6.11. The van der Waals surface area contributed by atoms with E-state index in [1.807, 2.05) is 59.2 Å². The lowest BCUT2D eigenvalue weighted by molar-refractivity contribution is -0.113. The smallest absolute Gasteiger partial charge is 0.234 e. The molecule has 3 aromatic rings. The fraction of sp³-hybridized carbons (Fsp3) is 0.348. The van der Waals surface area contributed by atoms with Gasteiger partial charge in [0, 0.05) is 17.8 Å². The Kier molecular flexibility index (Phi) is 6.69. The highest BCUT2D eigenvalue weighted by Gasteiger charge is 2.17. The van der Waals surface area contributed by atoms with Crippen LogP contribution in [0.5, 0.6) is 5.75 Å². The van der Waals surface area contributed by atoms with Gasteiger partial charge in [-0.2, -0.15) is 0 Å². The van der Waals surface area contributed by atoms with Gasteiger partial charge in [0.15, 0.2) is 11.0 Å². The predicted molar refractivity (Wildman–Crippen MR) is 120 cm³/mol. The van der Waals surface area contributed by atoms with Crippen molar-refractivity contribution in [3.05, 3.63) is 54.6 Å². The molecule has 4 rings (SSSR count). The van der Waals surface area contributed by atoms with Gasteiger partial charge in [0.25, 0.3) is 0 Å². The average molecular weight is 423 g/mol. The van der Waals surface area contributed by atoms with Crippen LogP contribution in [0.1, 0.15) is 32.6 Å². The van der Waals surface area contributed by atoms with E-state index in [0.717, 1.165) is 47.4 Å². The van der Waals surface area contributed by atoms with E-state index in [-0.39, 0.29) is 11.7 Å². The number of anilines is 1. The number of ether oxygens (including phenoxy) is 1. The van der Waals surface area contributed by atoms with E-state index in [1.54, 1.807) is 0 Å². The molecule has 7 heteroatoms. The standard InChI is InChI=1S/C23H26N4O2S/c1-2-27-22(17-12-14-20(15-13-17)29-19-10-6-7-11-19)25-26-23(27)30-16-21(28)24-18-8-4-3-5-9-18/h3-5,8-9,12-15,19H,2,6-7,10-11,16H2,1H3,(H,24,28). The third kappa shape index (κ3) is 5.02. The highest BCUT2D eigenvalue weighted by molar-refractivity contribution is 7.99. The predicted octanol–water partition coefficient (Wildman–Crippen LogP) is 5.02. The van der Waals surface area contributed by atoms with Crippen LogP contribution in [0.4, 0.5) is 5.69 Å². The number of nitrogens with zero attached hydrogens (tertiary/aromatic N) is 3. The molecule has 2 aromatic carbocycles. The van der Waals surface area contributed by atoms with Crippen LogP contribution in [0, 0.1) is 0 Å². The molecule has 0 aliphatic heterocycles. The summed E-state index contributed by atoms with van der Waals surface area (Å²) in [6.45, 7) is 2.78. The summed E-state index contributed by atoms with van der Waals surface area (Å²) in [6.07, 6.45) is 5.15. The third-order valence-electron chi connectivity index (χ3n) is 5.14. The molecule has 1 aliphatic rings. The first kappa shape index (κ1) is 20.5. The summed E-state index contributed by atoms with van der Waals surface area (Å²) in [5.74, 6) is 1.92. The van der Waals surface area contributed by atoms with Gasteiger partial charge in [-0.15, -0.1) is 10.2 Å². The lowest BCUT2D eigenvalue weighted by Crippen LogP contribution is -2.14. The molecule has 0 radical (unpaired) electrons. The maximum absolute atomic E-state index is 12.2. The van der Waals surface area contributed by atoms with Crippen molar-refractivity contribution in [3.8, 4) is 17.1 Å². The van der Waals surface area contributed by atoms with Crippen molar-refractivity contribution in [2.24, 2.45) is 0 Å². The molecule has 0 spiro atoms. The largest absolute Gasteiger partial charge is 0.490 e. The minimum atomic E-state index is -0.0631. The Labute approximate surface area is 181 Å². The minimum absolute atomic E-state index is 0.0631. The van der Waals surface area contributed by atoms with Crippen molar-refractivity contribution in [2.75, 3.05) is 11.1 Å². The number of thioether (sulfide) groups is 1. The van der Waals surface area contributed by atoms with Crippen molar-refractivity contribution < 1.29 is 9.53 Å². The Bertz CT molecular complexity index is 967. The lowest BCUT2D eigenvalue weighted by Gasteiger charge is -2.13. The number of carbonyl (C=O) groups excluding carboxylic acids is 1. The van der Waals surface area contributed by atoms with Crippen LogP contribution in [-0.4, -0.2) is 32.5 Å². The summed E-state index contributed by atoms with van der Waals surface area (Å²) in [5, 5.41) is 12.3. The maximum atomic E-state index is 12.2. The summed E-state index contributed by atoms with van der Waals surface area (Å²) in [4.78, 5) is 12.2. The number of amides is 1. The van der Waals surface area contributed by atoms with Gasteiger partial charge in [0.05, 0.1) is 11.9 Å². The maximum Gasteiger partial charge on any atom is 0.234 e. The van der Waals surface area contributed by atoms with Crippen molar-refractivity contribution in [1.29, 1.82) is 0 Å². The number of carbonyl (C=O) groups is 1. The fourth-order valence-electron chi connectivity index (χ4n) is 3.62. The SMILES string of the molecule is CCn1c(SCC(=O)Nc2ccccc2)nnc1-c1ccc(OC2CCCC2)cc1. The van der Waals surface area contributed by atoms with E-state index < -0.39 is 0 Å². The first-order valence-electron chi connectivity index (χ1n) is 10.4. The van der Waals surface area contributed by atoms with Gasteiger partial charge in [-0.05, 0) is 69.0 Å². The molecule has 6 nitrogen and oxygen atoms in total. The first-order valence-corrected chi connectivity index (χ1v) is 11.4.